The van der Waals surface area contributed by atoms with Gasteiger partial charge in [0.1, 0.15) is 0 Å². The smallest absolute Gasteiger partial charge is 0.423 e. The maximum atomic E-state index is 10.8. The molecule has 0 aliphatic heterocycles. The monoisotopic (exact) mass is 500 g/mol. The fourth-order valence-corrected chi connectivity index (χ4v) is 5.81. The molecule has 0 bridgehead atoms. The van der Waals surface area contributed by atoms with Crippen molar-refractivity contribution >= 4 is 44.9 Å². The van der Waals surface area contributed by atoms with E-state index in [1.165, 1.54) is 10.8 Å². The molecule has 184 valence electrons. The van der Waals surface area contributed by atoms with Crippen LogP contribution in [0.1, 0.15) is 0 Å². The summed E-state index contributed by atoms with van der Waals surface area (Å²) in [7, 11) is -1.63. The molecule has 39 heavy (non-hydrogen) atoms. The lowest BCUT2D eigenvalue weighted by Crippen LogP contribution is -2.31. The van der Waals surface area contributed by atoms with E-state index < -0.39 is 7.12 Å². The number of rotatable bonds is 4. The molecule has 0 aromatic heterocycles. The Labute approximate surface area is 227 Å². The highest BCUT2D eigenvalue weighted by Gasteiger charge is 2.23. The van der Waals surface area contributed by atoms with E-state index in [0.29, 0.717) is 5.46 Å². The number of benzene rings is 7. The van der Waals surface area contributed by atoms with Crippen LogP contribution in [0.25, 0.3) is 65.7 Å². The first-order valence-electron chi connectivity index (χ1n) is 13.2. The quantitative estimate of drug-likeness (QED) is 0.191. The Morgan fingerprint density at radius 3 is 1.38 bits per heavy atom. The van der Waals surface area contributed by atoms with Gasteiger partial charge >= 0.3 is 7.12 Å². The van der Waals surface area contributed by atoms with Gasteiger partial charge in [-0.05, 0) is 89.4 Å². The van der Waals surface area contributed by atoms with Gasteiger partial charge < -0.3 is 10.0 Å². The standard InChI is InChI=1S/C36H25BO2/c38-37(39)36-33-22-28(24-9-3-1-4-10-24)17-19-31(33)35(30-16-15-26-13-7-8-14-27(26)21-30)32-20-18-29(23-34(32)36)25-11-5-2-6-12-25/h1-23,38-39H. The maximum Gasteiger partial charge on any atom is 0.489 e. The molecule has 3 heteroatoms. The molecule has 0 atom stereocenters. The van der Waals surface area contributed by atoms with Crippen molar-refractivity contribution in [2.45, 2.75) is 0 Å². The zero-order valence-electron chi connectivity index (χ0n) is 21.3. The summed E-state index contributed by atoms with van der Waals surface area (Å²) in [6.45, 7) is 0. The molecule has 2 nitrogen and oxygen atoms in total. The molecule has 0 fully saturated rings. The van der Waals surface area contributed by atoms with Gasteiger partial charge in [0, 0.05) is 0 Å². The summed E-state index contributed by atoms with van der Waals surface area (Å²) in [5, 5.41) is 27.6. The van der Waals surface area contributed by atoms with Crippen molar-refractivity contribution in [1.82, 2.24) is 0 Å². The van der Waals surface area contributed by atoms with Crippen LogP contribution in [0.3, 0.4) is 0 Å². The third-order valence-corrected chi connectivity index (χ3v) is 7.67. The zero-order valence-corrected chi connectivity index (χ0v) is 21.3. The zero-order chi connectivity index (χ0) is 26.3. The average molecular weight is 500 g/mol. The van der Waals surface area contributed by atoms with Crippen LogP contribution in [0.4, 0.5) is 0 Å². The minimum Gasteiger partial charge on any atom is -0.423 e. The molecule has 0 aliphatic carbocycles. The normalized spacial score (nSPS) is 11.3. The first-order valence-corrected chi connectivity index (χ1v) is 13.2. The maximum absolute atomic E-state index is 10.8. The van der Waals surface area contributed by atoms with Gasteiger partial charge in [-0.25, -0.2) is 0 Å². The van der Waals surface area contributed by atoms with Gasteiger partial charge in [0.25, 0.3) is 0 Å². The van der Waals surface area contributed by atoms with E-state index in [0.717, 1.165) is 54.9 Å². The van der Waals surface area contributed by atoms with Crippen LogP contribution in [-0.4, -0.2) is 17.2 Å². The van der Waals surface area contributed by atoms with Crippen LogP contribution >= 0.6 is 0 Å². The van der Waals surface area contributed by atoms with Crippen molar-refractivity contribution < 1.29 is 10.0 Å². The van der Waals surface area contributed by atoms with Crippen LogP contribution in [0.15, 0.2) is 140 Å². The molecular weight excluding hydrogens is 475 g/mol. The van der Waals surface area contributed by atoms with Crippen molar-refractivity contribution in [3.05, 3.63) is 140 Å². The molecule has 7 aromatic rings. The van der Waals surface area contributed by atoms with Gasteiger partial charge in [-0.3, -0.25) is 0 Å². The third-order valence-electron chi connectivity index (χ3n) is 7.67. The summed E-state index contributed by atoms with van der Waals surface area (Å²) < 4.78 is 0. The fraction of sp³-hybridized carbons (Fsp3) is 0. The van der Waals surface area contributed by atoms with Crippen LogP contribution in [0.2, 0.25) is 0 Å². The van der Waals surface area contributed by atoms with E-state index in [4.69, 9.17) is 0 Å². The van der Waals surface area contributed by atoms with Gasteiger partial charge in [-0.2, -0.15) is 0 Å². The largest absolute Gasteiger partial charge is 0.489 e. The minimum atomic E-state index is -1.63. The second-order valence-corrected chi connectivity index (χ2v) is 9.98. The van der Waals surface area contributed by atoms with Crippen LogP contribution in [0, 0.1) is 0 Å². The van der Waals surface area contributed by atoms with Gasteiger partial charge in [0.2, 0.25) is 0 Å². The SMILES string of the molecule is OB(O)c1c2cc(-c3ccccc3)ccc2c(-c2ccc3ccccc3c2)c2ccc(-c3ccccc3)cc12. The second kappa shape index (κ2) is 9.56. The van der Waals surface area contributed by atoms with E-state index >= 15 is 0 Å². The van der Waals surface area contributed by atoms with Crippen molar-refractivity contribution in [2.75, 3.05) is 0 Å². The molecule has 0 spiro atoms. The minimum absolute atomic E-state index is 0.528. The second-order valence-electron chi connectivity index (χ2n) is 9.98. The molecule has 0 radical (unpaired) electrons. The molecule has 0 saturated carbocycles. The third kappa shape index (κ3) is 4.09. The number of hydrogen-bond acceptors (Lipinski definition) is 2. The van der Waals surface area contributed by atoms with Crippen molar-refractivity contribution in [2.24, 2.45) is 0 Å². The molecule has 0 aliphatic rings. The molecule has 2 N–H and O–H groups in total. The summed E-state index contributed by atoms with van der Waals surface area (Å²) in [5.41, 5.74) is 6.96. The number of fused-ring (bicyclic) bond motifs is 3. The Balaban J connectivity index is 1.61. The lowest BCUT2D eigenvalue weighted by Gasteiger charge is -2.19. The topological polar surface area (TPSA) is 40.5 Å². The van der Waals surface area contributed by atoms with Crippen LogP contribution in [0.5, 0.6) is 0 Å². The lowest BCUT2D eigenvalue weighted by molar-refractivity contribution is 0.426. The molecular formula is C36H25BO2. The molecule has 7 aromatic carbocycles. The molecule has 0 amide bonds. The van der Waals surface area contributed by atoms with E-state index in [1.807, 2.05) is 36.4 Å². The molecule has 0 heterocycles. The van der Waals surface area contributed by atoms with E-state index in [2.05, 4.69) is 103 Å². The summed E-state index contributed by atoms with van der Waals surface area (Å²) in [5.74, 6) is 0. The molecule has 0 saturated heterocycles. The molecule has 0 unspecified atom stereocenters. The lowest BCUT2D eigenvalue weighted by atomic mass is 9.71. The summed E-state index contributed by atoms with van der Waals surface area (Å²) in [6, 6.07) is 48.0. The Morgan fingerprint density at radius 1 is 0.359 bits per heavy atom. The average Bonchev–Trinajstić information content (AvgIpc) is 2.99. The first kappa shape index (κ1) is 23.4. The van der Waals surface area contributed by atoms with Crippen molar-refractivity contribution in [3.63, 3.8) is 0 Å². The summed E-state index contributed by atoms with van der Waals surface area (Å²) in [6.07, 6.45) is 0. The van der Waals surface area contributed by atoms with Crippen molar-refractivity contribution in [1.29, 1.82) is 0 Å². The van der Waals surface area contributed by atoms with Crippen molar-refractivity contribution in [3.8, 4) is 33.4 Å². The predicted octanol–water partition coefficient (Wildman–Crippen LogP) is 7.83. The molecule has 7 rings (SSSR count). The van der Waals surface area contributed by atoms with E-state index in [-0.39, 0.29) is 0 Å². The van der Waals surface area contributed by atoms with Gasteiger partial charge in [-0.1, -0.05) is 121 Å². The first-order chi connectivity index (χ1) is 19.2. The predicted molar refractivity (Wildman–Crippen MR) is 165 cm³/mol. The van der Waals surface area contributed by atoms with E-state index in [9.17, 15) is 10.0 Å². The highest BCUT2D eigenvalue weighted by Crippen LogP contribution is 2.39. The van der Waals surface area contributed by atoms with E-state index in [1.54, 1.807) is 0 Å². The van der Waals surface area contributed by atoms with Crippen LogP contribution < -0.4 is 5.46 Å². The van der Waals surface area contributed by atoms with Crippen LogP contribution in [-0.2, 0) is 0 Å². The summed E-state index contributed by atoms with van der Waals surface area (Å²) >= 11 is 0. The highest BCUT2D eigenvalue weighted by atomic mass is 16.4. The Bertz CT molecular complexity index is 1880. The van der Waals surface area contributed by atoms with Gasteiger partial charge in [-0.15, -0.1) is 0 Å². The Hall–Kier alpha value is -4.70. The highest BCUT2D eigenvalue weighted by molar-refractivity contribution is 6.66. The Morgan fingerprint density at radius 2 is 0.846 bits per heavy atom. The van der Waals surface area contributed by atoms with Gasteiger partial charge in [0.05, 0.1) is 0 Å². The number of hydrogen-bond donors (Lipinski definition) is 2. The van der Waals surface area contributed by atoms with Gasteiger partial charge in [0.15, 0.2) is 0 Å². The summed E-state index contributed by atoms with van der Waals surface area (Å²) in [4.78, 5) is 0. The fourth-order valence-electron chi connectivity index (χ4n) is 5.81. The Kier molecular flexibility index (Phi) is 5.74.